The molecule has 0 bridgehead atoms. The van der Waals surface area contributed by atoms with Crippen molar-refractivity contribution < 1.29 is 23.4 Å². The van der Waals surface area contributed by atoms with E-state index in [2.05, 4.69) is 10.6 Å². The molecule has 1 fully saturated rings. The van der Waals surface area contributed by atoms with Crippen LogP contribution >= 0.6 is 12.4 Å². The molecule has 2 unspecified atom stereocenters. The fourth-order valence-corrected chi connectivity index (χ4v) is 2.89. The number of carbonyl (C=O) groups excluding carboxylic acids is 1. The van der Waals surface area contributed by atoms with Gasteiger partial charge in [-0.1, -0.05) is 42.5 Å². The maximum atomic E-state index is 13.2. The van der Waals surface area contributed by atoms with Gasteiger partial charge in [-0.05, 0) is 23.3 Å². The van der Waals surface area contributed by atoms with E-state index in [0.717, 1.165) is 5.56 Å². The number of benzene rings is 2. The molecule has 0 aromatic heterocycles. The number of halogens is 3. The Morgan fingerprint density at radius 1 is 1.25 bits per heavy atom. The van der Waals surface area contributed by atoms with E-state index in [4.69, 9.17) is 4.74 Å². The van der Waals surface area contributed by atoms with E-state index >= 15 is 0 Å². The second-order valence-electron chi connectivity index (χ2n) is 6.60. The van der Waals surface area contributed by atoms with Crippen LogP contribution in [0.1, 0.15) is 23.7 Å². The molecule has 0 spiro atoms. The van der Waals surface area contributed by atoms with Crippen LogP contribution in [0.3, 0.4) is 0 Å². The maximum absolute atomic E-state index is 13.2. The first-order valence-electron chi connectivity index (χ1n) is 8.77. The lowest BCUT2D eigenvalue weighted by molar-refractivity contribution is -0.123. The van der Waals surface area contributed by atoms with Crippen molar-refractivity contribution >= 4 is 18.3 Å². The number of alkyl halides is 2. The molecule has 2 aromatic rings. The molecule has 1 aliphatic heterocycles. The molecular formula is C20H23ClF2N2O3. The Morgan fingerprint density at radius 2 is 2.00 bits per heavy atom. The molecule has 3 N–H and O–H groups in total. The summed E-state index contributed by atoms with van der Waals surface area (Å²) in [6, 6.07) is 15.7. The molecule has 2 aromatic carbocycles. The van der Waals surface area contributed by atoms with Crippen molar-refractivity contribution in [1.29, 1.82) is 0 Å². The predicted molar refractivity (Wildman–Crippen MR) is 104 cm³/mol. The van der Waals surface area contributed by atoms with E-state index in [9.17, 15) is 18.7 Å². The molecule has 1 saturated heterocycles. The lowest BCUT2D eigenvalue weighted by Gasteiger charge is -2.16. The van der Waals surface area contributed by atoms with E-state index in [1.54, 1.807) is 24.3 Å². The molecule has 0 aliphatic carbocycles. The standard InChI is InChI=1S/C20H22F2N2O3.ClH/c21-20(22)10-17(24-13-20)19(26)23-11-18(25)15-7-4-8-16(9-15)27-12-14-5-2-1-3-6-14;/h1-9,17-18,24-25H,10-13H2,(H,23,26);1H. The van der Waals surface area contributed by atoms with E-state index in [1.807, 2.05) is 30.3 Å². The SMILES string of the molecule is Cl.O=C(NCC(O)c1cccc(OCc2ccccc2)c1)C1CC(F)(F)CN1. The monoisotopic (exact) mass is 412 g/mol. The highest BCUT2D eigenvalue weighted by atomic mass is 35.5. The van der Waals surface area contributed by atoms with Crippen LogP contribution < -0.4 is 15.4 Å². The summed E-state index contributed by atoms with van der Waals surface area (Å²) in [5.74, 6) is -2.81. The van der Waals surface area contributed by atoms with Gasteiger partial charge in [0.1, 0.15) is 12.4 Å². The molecule has 1 aliphatic rings. The molecule has 152 valence electrons. The fraction of sp³-hybridized carbons (Fsp3) is 0.350. The lowest BCUT2D eigenvalue weighted by atomic mass is 10.1. The average molecular weight is 413 g/mol. The van der Waals surface area contributed by atoms with E-state index < -0.39 is 36.9 Å². The number of nitrogens with one attached hydrogen (secondary N) is 2. The first kappa shape index (κ1) is 22.1. The summed E-state index contributed by atoms with van der Waals surface area (Å²) in [5, 5.41) is 15.3. The van der Waals surface area contributed by atoms with Gasteiger partial charge in [0, 0.05) is 13.0 Å². The number of aliphatic hydroxyl groups excluding tert-OH is 1. The van der Waals surface area contributed by atoms with Gasteiger partial charge in [0.05, 0.1) is 18.7 Å². The minimum absolute atomic E-state index is 0. The van der Waals surface area contributed by atoms with Crippen LogP contribution in [-0.2, 0) is 11.4 Å². The number of hydrogen-bond acceptors (Lipinski definition) is 4. The summed E-state index contributed by atoms with van der Waals surface area (Å²) < 4.78 is 32.0. The van der Waals surface area contributed by atoms with Crippen LogP contribution in [-0.4, -0.2) is 36.1 Å². The molecule has 28 heavy (non-hydrogen) atoms. The van der Waals surface area contributed by atoms with Gasteiger partial charge in [0.2, 0.25) is 5.91 Å². The Morgan fingerprint density at radius 3 is 2.68 bits per heavy atom. The van der Waals surface area contributed by atoms with Gasteiger partial charge in [0.15, 0.2) is 0 Å². The zero-order chi connectivity index (χ0) is 19.3. The van der Waals surface area contributed by atoms with E-state index in [0.29, 0.717) is 17.9 Å². The van der Waals surface area contributed by atoms with Crippen molar-refractivity contribution in [2.45, 2.75) is 31.1 Å². The molecule has 2 atom stereocenters. The zero-order valence-electron chi connectivity index (χ0n) is 15.1. The number of carbonyl (C=O) groups is 1. The molecule has 1 amide bonds. The van der Waals surface area contributed by atoms with E-state index in [1.165, 1.54) is 0 Å². The van der Waals surface area contributed by atoms with Crippen molar-refractivity contribution in [3.8, 4) is 5.75 Å². The number of aliphatic hydroxyl groups is 1. The number of hydrogen-bond donors (Lipinski definition) is 3. The molecule has 3 rings (SSSR count). The topological polar surface area (TPSA) is 70.6 Å². The van der Waals surface area contributed by atoms with Crippen molar-refractivity contribution in [2.24, 2.45) is 0 Å². The molecule has 5 nitrogen and oxygen atoms in total. The highest BCUT2D eigenvalue weighted by molar-refractivity contribution is 5.85. The van der Waals surface area contributed by atoms with Gasteiger partial charge in [-0.25, -0.2) is 8.78 Å². The van der Waals surface area contributed by atoms with Crippen LogP contribution in [0.25, 0.3) is 0 Å². The van der Waals surface area contributed by atoms with Gasteiger partial charge in [-0.2, -0.15) is 0 Å². The Balaban J connectivity index is 0.00000280. The fourth-order valence-electron chi connectivity index (χ4n) is 2.89. The summed E-state index contributed by atoms with van der Waals surface area (Å²) in [7, 11) is 0. The van der Waals surface area contributed by atoms with Crippen LogP contribution in [0.5, 0.6) is 5.75 Å². The van der Waals surface area contributed by atoms with Crippen molar-refractivity contribution in [1.82, 2.24) is 10.6 Å². The zero-order valence-corrected chi connectivity index (χ0v) is 15.9. The first-order valence-corrected chi connectivity index (χ1v) is 8.77. The third kappa shape index (κ3) is 6.15. The summed E-state index contributed by atoms with van der Waals surface area (Å²) in [6.07, 6.45) is -1.49. The molecule has 0 radical (unpaired) electrons. The number of amides is 1. The van der Waals surface area contributed by atoms with Crippen LogP contribution in [0.2, 0.25) is 0 Å². The highest BCUT2D eigenvalue weighted by Crippen LogP contribution is 2.25. The first-order chi connectivity index (χ1) is 12.9. The predicted octanol–water partition coefficient (Wildman–Crippen LogP) is 2.83. The Labute approximate surface area is 168 Å². The molecule has 0 saturated carbocycles. The maximum Gasteiger partial charge on any atom is 0.262 e. The summed E-state index contributed by atoms with van der Waals surface area (Å²) in [4.78, 5) is 12.0. The smallest absolute Gasteiger partial charge is 0.262 e. The van der Waals surface area contributed by atoms with Gasteiger partial charge >= 0.3 is 0 Å². The largest absolute Gasteiger partial charge is 0.489 e. The van der Waals surface area contributed by atoms with Gasteiger partial charge < -0.3 is 15.2 Å². The van der Waals surface area contributed by atoms with Crippen molar-refractivity contribution in [3.05, 3.63) is 65.7 Å². The lowest BCUT2D eigenvalue weighted by Crippen LogP contribution is -2.41. The number of rotatable bonds is 7. The number of ether oxygens (including phenoxy) is 1. The molecule has 8 heteroatoms. The Kier molecular flexibility index (Phi) is 7.74. The van der Waals surface area contributed by atoms with Crippen LogP contribution in [0.4, 0.5) is 8.78 Å². The minimum Gasteiger partial charge on any atom is -0.489 e. The summed E-state index contributed by atoms with van der Waals surface area (Å²) in [6.45, 7) is -0.169. The summed E-state index contributed by atoms with van der Waals surface area (Å²) >= 11 is 0. The quantitative estimate of drug-likeness (QED) is 0.654. The molecular weight excluding hydrogens is 390 g/mol. The van der Waals surface area contributed by atoms with Crippen molar-refractivity contribution in [3.63, 3.8) is 0 Å². The van der Waals surface area contributed by atoms with Crippen LogP contribution in [0, 0.1) is 0 Å². The van der Waals surface area contributed by atoms with Crippen LogP contribution in [0.15, 0.2) is 54.6 Å². The normalized spacial score (nSPS) is 18.8. The van der Waals surface area contributed by atoms with Gasteiger partial charge in [-0.15, -0.1) is 12.4 Å². The molecule has 1 heterocycles. The Bertz CT molecular complexity index is 777. The Hall–Kier alpha value is -2.22. The van der Waals surface area contributed by atoms with E-state index in [-0.39, 0.29) is 19.0 Å². The third-order valence-electron chi connectivity index (χ3n) is 4.39. The third-order valence-corrected chi connectivity index (χ3v) is 4.39. The summed E-state index contributed by atoms with van der Waals surface area (Å²) in [5.41, 5.74) is 1.60. The second-order valence-corrected chi connectivity index (χ2v) is 6.60. The van der Waals surface area contributed by atoms with Gasteiger partial charge in [-0.3, -0.25) is 10.1 Å². The van der Waals surface area contributed by atoms with Gasteiger partial charge in [0.25, 0.3) is 5.92 Å². The average Bonchev–Trinajstić information content (AvgIpc) is 3.05. The minimum atomic E-state index is -2.87. The van der Waals surface area contributed by atoms with Crippen molar-refractivity contribution in [2.75, 3.05) is 13.1 Å². The second kappa shape index (κ2) is 9.82. The highest BCUT2D eigenvalue weighted by Gasteiger charge is 2.42.